The average Bonchev–Trinajstić information content (AvgIpc) is 2.12. The third kappa shape index (κ3) is 1.60. The van der Waals surface area contributed by atoms with Gasteiger partial charge in [-0.3, -0.25) is 4.98 Å². The van der Waals surface area contributed by atoms with E-state index in [-0.39, 0.29) is 6.10 Å². The maximum Gasteiger partial charge on any atom is 0.155 e. The Kier molecular flexibility index (Phi) is 2.11. The van der Waals surface area contributed by atoms with Crippen LogP contribution >= 0.6 is 0 Å². The summed E-state index contributed by atoms with van der Waals surface area (Å²) in [6.07, 6.45) is 3.36. The predicted octanol–water partition coefficient (Wildman–Crippen LogP) is 0.304. The van der Waals surface area contributed by atoms with Crippen LogP contribution < -0.4 is 10.1 Å². The molecule has 1 aromatic rings. The highest BCUT2D eigenvalue weighted by molar-refractivity contribution is 5.40. The summed E-state index contributed by atoms with van der Waals surface area (Å²) in [6, 6.07) is 3.72. The molecule has 66 valence electrons. The molecule has 0 aliphatic carbocycles. The summed E-state index contributed by atoms with van der Waals surface area (Å²) >= 11 is 0. The van der Waals surface area contributed by atoms with Crippen molar-refractivity contribution in [1.82, 2.24) is 10.3 Å². The van der Waals surface area contributed by atoms with Crippen LogP contribution in [0.3, 0.4) is 0 Å². The van der Waals surface area contributed by atoms with E-state index >= 15 is 0 Å². The number of nitrogens with zero attached hydrogens (tertiary/aromatic N) is 2. The van der Waals surface area contributed by atoms with E-state index in [0.717, 1.165) is 13.1 Å². The molecule has 1 aliphatic heterocycles. The van der Waals surface area contributed by atoms with Crippen LogP contribution in [0.1, 0.15) is 5.56 Å². The summed E-state index contributed by atoms with van der Waals surface area (Å²) in [5, 5.41) is 11.8. The Morgan fingerprint density at radius 2 is 2.46 bits per heavy atom. The summed E-state index contributed by atoms with van der Waals surface area (Å²) < 4.78 is 5.52. The number of ether oxygens (including phenoxy) is 1. The largest absolute Gasteiger partial charge is 0.485 e. The quantitative estimate of drug-likeness (QED) is 0.702. The molecule has 1 aromatic heterocycles. The van der Waals surface area contributed by atoms with Crippen molar-refractivity contribution in [3.05, 3.63) is 24.0 Å². The first kappa shape index (κ1) is 8.02. The first-order valence-corrected chi connectivity index (χ1v) is 4.11. The molecular weight excluding hydrogens is 166 g/mol. The van der Waals surface area contributed by atoms with Gasteiger partial charge in [-0.15, -0.1) is 0 Å². The average molecular weight is 175 g/mol. The first-order valence-electron chi connectivity index (χ1n) is 4.11. The molecule has 1 N–H and O–H groups in total. The zero-order valence-corrected chi connectivity index (χ0v) is 7.03. The highest BCUT2D eigenvalue weighted by Crippen LogP contribution is 2.17. The first-order chi connectivity index (χ1) is 6.40. The maximum atomic E-state index is 8.75. The molecule has 0 saturated carbocycles. The molecular formula is C9H9N3O. The molecule has 0 atom stereocenters. The van der Waals surface area contributed by atoms with E-state index in [4.69, 9.17) is 10.00 Å². The number of rotatable bonds is 2. The lowest BCUT2D eigenvalue weighted by Gasteiger charge is -2.27. The van der Waals surface area contributed by atoms with Crippen molar-refractivity contribution >= 4 is 0 Å². The minimum Gasteiger partial charge on any atom is -0.485 e. The zero-order chi connectivity index (χ0) is 9.10. The van der Waals surface area contributed by atoms with E-state index in [1.165, 1.54) is 0 Å². The number of hydrogen-bond acceptors (Lipinski definition) is 4. The van der Waals surface area contributed by atoms with Gasteiger partial charge >= 0.3 is 0 Å². The minimum atomic E-state index is 0.191. The molecule has 4 heteroatoms. The minimum absolute atomic E-state index is 0.191. The van der Waals surface area contributed by atoms with Crippen molar-refractivity contribution in [2.45, 2.75) is 6.10 Å². The van der Waals surface area contributed by atoms with Crippen molar-refractivity contribution in [3.8, 4) is 11.8 Å². The molecule has 0 bridgehead atoms. The lowest BCUT2D eigenvalue weighted by molar-refractivity contribution is 0.141. The molecule has 0 amide bonds. The van der Waals surface area contributed by atoms with Gasteiger partial charge in [-0.1, -0.05) is 0 Å². The molecule has 0 spiro atoms. The number of nitriles is 1. The smallest absolute Gasteiger partial charge is 0.155 e. The van der Waals surface area contributed by atoms with Gasteiger partial charge in [-0.05, 0) is 6.07 Å². The van der Waals surface area contributed by atoms with Crippen LogP contribution in [0.15, 0.2) is 18.5 Å². The summed E-state index contributed by atoms with van der Waals surface area (Å²) in [4.78, 5) is 3.91. The van der Waals surface area contributed by atoms with Crippen molar-refractivity contribution < 1.29 is 4.74 Å². The SMILES string of the molecule is N#Cc1ccncc1OC1CNC1. The summed E-state index contributed by atoms with van der Waals surface area (Å²) in [5.41, 5.74) is 0.543. The molecule has 2 rings (SSSR count). The third-order valence-electron chi connectivity index (χ3n) is 1.94. The molecule has 13 heavy (non-hydrogen) atoms. The Morgan fingerprint density at radius 3 is 3.08 bits per heavy atom. The zero-order valence-electron chi connectivity index (χ0n) is 7.03. The fourth-order valence-electron chi connectivity index (χ4n) is 1.09. The van der Waals surface area contributed by atoms with Gasteiger partial charge in [0.25, 0.3) is 0 Å². The van der Waals surface area contributed by atoms with Crippen LogP contribution in [0.5, 0.6) is 5.75 Å². The van der Waals surface area contributed by atoms with E-state index in [0.29, 0.717) is 11.3 Å². The van der Waals surface area contributed by atoms with Crippen molar-refractivity contribution in [3.63, 3.8) is 0 Å². The maximum absolute atomic E-state index is 8.75. The van der Waals surface area contributed by atoms with Gasteiger partial charge in [-0.25, -0.2) is 0 Å². The standard InChI is InChI=1S/C9H9N3O/c10-3-7-1-2-11-6-9(7)13-8-4-12-5-8/h1-2,6,8,12H,4-5H2. The Balaban J connectivity index is 2.14. The number of hydrogen-bond donors (Lipinski definition) is 1. The van der Waals surface area contributed by atoms with E-state index in [2.05, 4.69) is 16.4 Å². The lowest BCUT2D eigenvalue weighted by Crippen LogP contribution is -2.50. The Bertz CT molecular complexity index is 341. The Morgan fingerprint density at radius 1 is 1.62 bits per heavy atom. The molecule has 2 heterocycles. The van der Waals surface area contributed by atoms with Gasteiger partial charge in [0, 0.05) is 19.3 Å². The summed E-state index contributed by atoms with van der Waals surface area (Å²) in [5.74, 6) is 0.580. The van der Waals surface area contributed by atoms with Crippen LogP contribution in [0.25, 0.3) is 0 Å². The van der Waals surface area contributed by atoms with E-state index < -0.39 is 0 Å². The molecule has 0 radical (unpaired) electrons. The highest BCUT2D eigenvalue weighted by atomic mass is 16.5. The van der Waals surface area contributed by atoms with Gasteiger partial charge in [0.2, 0.25) is 0 Å². The van der Waals surface area contributed by atoms with E-state index in [1.807, 2.05) is 0 Å². The van der Waals surface area contributed by atoms with E-state index in [9.17, 15) is 0 Å². The van der Waals surface area contributed by atoms with Crippen molar-refractivity contribution in [1.29, 1.82) is 5.26 Å². The van der Waals surface area contributed by atoms with Crippen LogP contribution in [0, 0.1) is 11.3 Å². The monoisotopic (exact) mass is 175 g/mol. The molecule has 0 aromatic carbocycles. The van der Waals surface area contributed by atoms with Crippen LogP contribution in [-0.2, 0) is 0 Å². The molecule has 1 fully saturated rings. The molecule has 1 saturated heterocycles. The summed E-state index contributed by atoms with van der Waals surface area (Å²) in [6.45, 7) is 1.69. The number of aromatic nitrogens is 1. The van der Waals surface area contributed by atoms with Gasteiger partial charge in [-0.2, -0.15) is 5.26 Å². The highest BCUT2D eigenvalue weighted by Gasteiger charge is 2.19. The van der Waals surface area contributed by atoms with E-state index in [1.54, 1.807) is 18.5 Å². The lowest BCUT2D eigenvalue weighted by atomic mass is 10.2. The second kappa shape index (κ2) is 3.42. The summed E-state index contributed by atoms with van der Waals surface area (Å²) in [7, 11) is 0. The predicted molar refractivity (Wildman–Crippen MR) is 46.2 cm³/mol. The van der Waals surface area contributed by atoms with Gasteiger partial charge in [0.1, 0.15) is 12.2 Å². The second-order valence-electron chi connectivity index (χ2n) is 2.88. The van der Waals surface area contributed by atoms with Crippen LogP contribution in [0.2, 0.25) is 0 Å². The van der Waals surface area contributed by atoms with Crippen LogP contribution in [0.4, 0.5) is 0 Å². The number of pyridine rings is 1. The topological polar surface area (TPSA) is 57.9 Å². The normalized spacial score (nSPS) is 15.9. The van der Waals surface area contributed by atoms with Gasteiger partial charge in [0.15, 0.2) is 5.75 Å². The number of nitrogens with one attached hydrogen (secondary N) is 1. The van der Waals surface area contributed by atoms with Crippen molar-refractivity contribution in [2.75, 3.05) is 13.1 Å². The van der Waals surface area contributed by atoms with Crippen LogP contribution in [-0.4, -0.2) is 24.2 Å². The Hall–Kier alpha value is -1.60. The Labute approximate surface area is 76.2 Å². The van der Waals surface area contributed by atoms with Crippen molar-refractivity contribution in [2.24, 2.45) is 0 Å². The fourth-order valence-corrected chi connectivity index (χ4v) is 1.09. The second-order valence-corrected chi connectivity index (χ2v) is 2.88. The molecule has 0 unspecified atom stereocenters. The molecule has 1 aliphatic rings. The molecule has 4 nitrogen and oxygen atoms in total. The van der Waals surface area contributed by atoms with Gasteiger partial charge in [0.05, 0.1) is 11.8 Å². The fraction of sp³-hybridized carbons (Fsp3) is 0.333. The third-order valence-corrected chi connectivity index (χ3v) is 1.94. The van der Waals surface area contributed by atoms with Gasteiger partial charge < -0.3 is 10.1 Å².